The molecule has 0 aliphatic carbocycles. The van der Waals surface area contributed by atoms with Crippen LogP contribution in [0.4, 0.5) is 0 Å². The molecule has 29 heavy (non-hydrogen) atoms. The third-order valence-electron chi connectivity index (χ3n) is 5.83. The fourth-order valence-electron chi connectivity index (χ4n) is 4.37. The van der Waals surface area contributed by atoms with Crippen LogP contribution in [-0.2, 0) is 20.8 Å². The highest BCUT2D eigenvalue weighted by Gasteiger charge is 2.40. The van der Waals surface area contributed by atoms with Crippen molar-refractivity contribution >= 4 is 16.9 Å². The van der Waals surface area contributed by atoms with E-state index in [1.54, 1.807) is 4.68 Å². The third-order valence-corrected chi connectivity index (χ3v) is 5.83. The summed E-state index contributed by atoms with van der Waals surface area (Å²) >= 11 is 0. The van der Waals surface area contributed by atoms with Crippen molar-refractivity contribution in [2.75, 3.05) is 26.3 Å². The highest BCUT2D eigenvalue weighted by atomic mass is 16.7. The standard InChI is InChI=1S/C21H25N5O3/c1-15-13-16(2)22-19-18(15)20(25-7-3-4-8-25)23-26(19)14-17(27)24-9-5-21(6-10-24)28-11-12-29-21/h3-4,7-8,13H,5-6,9-12,14H2,1-2H3. The first-order valence-electron chi connectivity index (χ1n) is 10.1. The first kappa shape index (κ1) is 18.3. The number of piperidine rings is 1. The van der Waals surface area contributed by atoms with Gasteiger partial charge in [0.1, 0.15) is 6.54 Å². The summed E-state index contributed by atoms with van der Waals surface area (Å²) in [5.74, 6) is 0.363. The number of hydrogen-bond donors (Lipinski definition) is 0. The zero-order valence-electron chi connectivity index (χ0n) is 16.8. The van der Waals surface area contributed by atoms with E-state index in [1.807, 2.05) is 40.9 Å². The Morgan fingerprint density at radius 2 is 1.83 bits per heavy atom. The number of rotatable bonds is 3. The number of nitrogens with zero attached hydrogens (tertiary/aromatic N) is 5. The van der Waals surface area contributed by atoms with Gasteiger partial charge in [-0.1, -0.05) is 0 Å². The molecular formula is C21H25N5O3. The summed E-state index contributed by atoms with van der Waals surface area (Å²) in [5.41, 5.74) is 2.76. The average Bonchev–Trinajstić information content (AvgIpc) is 3.43. The molecule has 0 aromatic carbocycles. The van der Waals surface area contributed by atoms with E-state index in [0.29, 0.717) is 39.1 Å². The number of carbonyl (C=O) groups excluding carboxylic acids is 1. The molecule has 1 spiro atoms. The molecule has 3 aromatic heterocycles. The van der Waals surface area contributed by atoms with Crippen LogP contribution >= 0.6 is 0 Å². The van der Waals surface area contributed by atoms with Gasteiger partial charge in [0.05, 0.1) is 18.6 Å². The molecule has 8 heteroatoms. The van der Waals surface area contributed by atoms with Crippen LogP contribution in [-0.4, -0.2) is 62.2 Å². The van der Waals surface area contributed by atoms with Crippen LogP contribution in [0.5, 0.6) is 0 Å². The molecule has 0 N–H and O–H groups in total. The van der Waals surface area contributed by atoms with Crippen molar-refractivity contribution < 1.29 is 14.3 Å². The summed E-state index contributed by atoms with van der Waals surface area (Å²) in [6.45, 7) is 6.74. The summed E-state index contributed by atoms with van der Waals surface area (Å²) < 4.78 is 15.2. The van der Waals surface area contributed by atoms with Gasteiger partial charge in [-0.05, 0) is 37.6 Å². The summed E-state index contributed by atoms with van der Waals surface area (Å²) in [7, 11) is 0. The van der Waals surface area contributed by atoms with E-state index in [0.717, 1.165) is 28.1 Å². The molecule has 8 nitrogen and oxygen atoms in total. The van der Waals surface area contributed by atoms with Crippen LogP contribution in [0.25, 0.3) is 16.9 Å². The fraction of sp³-hybridized carbons (Fsp3) is 0.476. The molecule has 2 fully saturated rings. The van der Waals surface area contributed by atoms with Crippen molar-refractivity contribution in [1.29, 1.82) is 0 Å². The van der Waals surface area contributed by atoms with Gasteiger partial charge in [-0.3, -0.25) is 4.79 Å². The number of hydrogen-bond acceptors (Lipinski definition) is 5. The molecule has 1 amide bonds. The Morgan fingerprint density at radius 1 is 1.14 bits per heavy atom. The predicted molar refractivity (Wildman–Crippen MR) is 107 cm³/mol. The molecule has 2 saturated heterocycles. The molecule has 0 saturated carbocycles. The Morgan fingerprint density at radius 3 is 2.52 bits per heavy atom. The highest BCUT2D eigenvalue weighted by Crippen LogP contribution is 2.31. The molecule has 0 unspecified atom stereocenters. The van der Waals surface area contributed by atoms with Crippen molar-refractivity contribution in [3.63, 3.8) is 0 Å². The first-order chi connectivity index (χ1) is 14.0. The lowest BCUT2D eigenvalue weighted by Gasteiger charge is -2.37. The maximum Gasteiger partial charge on any atom is 0.244 e. The lowest BCUT2D eigenvalue weighted by molar-refractivity contribution is -0.187. The molecule has 152 valence electrons. The normalized spacial score (nSPS) is 18.8. The zero-order valence-corrected chi connectivity index (χ0v) is 16.8. The van der Waals surface area contributed by atoms with Crippen LogP contribution in [0.1, 0.15) is 24.1 Å². The largest absolute Gasteiger partial charge is 0.347 e. The average molecular weight is 395 g/mol. The molecule has 2 aliphatic rings. The monoisotopic (exact) mass is 395 g/mol. The minimum atomic E-state index is -0.480. The maximum atomic E-state index is 13.0. The minimum absolute atomic E-state index is 0.0438. The Balaban J connectivity index is 1.42. The van der Waals surface area contributed by atoms with Gasteiger partial charge in [0.2, 0.25) is 5.91 Å². The van der Waals surface area contributed by atoms with Gasteiger partial charge in [-0.2, -0.15) is 5.10 Å². The van der Waals surface area contributed by atoms with E-state index in [2.05, 4.69) is 13.0 Å². The van der Waals surface area contributed by atoms with Crippen molar-refractivity contribution in [3.8, 4) is 5.82 Å². The Hall–Kier alpha value is -2.71. The molecule has 5 rings (SSSR count). The second-order valence-corrected chi connectivity index (χ2v) is 7.84. The molecular weight excluding hydrogens is 370 g/mol. The number of ether oxygens (including phenoxy) is 2. The molecule has 5 heterocycles. The smallest absolute Gasteiger partial charge is 0.244 e. The van der Waals surface area contributed by atoms with Gasteiger partial charge in [-0.25, -0.2) is 9.67 Å². The number of amides is 1. The number of carbonyl (C=O) groups is 1. The summed E-state index contributed by atoms with van der Waals surface area (Å²) in [4.78, 5) is 19.6. The van der Waals surface area contributed by atoms with Crippen LogP contribution in [0, 0.1) is 13.8 Å². The van der Waals surface area contributed by atoms with Crippen LogP contribution in [0.3, 0.4) is 0 Å². The SMILES string of the molecule is Cc1cc(C)c2c(-n3cccc3)nn(CC(=O)N3CCC4(CC3)OCCO4)c2n1. The summed E-state index contributed by atoms with van der Waals surface area (Å²) in [5, 5.41) is 5.74. The highest BCUT2D eigenvalue weighted by molar-refractivity contribution is 5.88. The van der Waals surface area contributed by atoms with Gasteiger partial charge in [0, 0.05) is 44.0 Å². The molecule has 3 aromatic rings. The van der Waals surface area contributed by atoms with Crippen molar-refractivity contribution in [2.45, 2.75) is 39.0 Å². The van der Waals surface area contributed by atoms with Gasteiger partial charge >= 0.3 is 0 Å². The number of likely N-dealkylation sites (tertiary alicyclic amines) is 1. The summed E-state index contributed by atoms with van der Waals surface area (Å²) in [6.07, 6.45) is 5.34. The minimum Gasteiger partial charge on any atom is -0.347 e. The molecule has 2 aliphatic heterocycles. The van der Waals surface area contributed by atoms with Crippen LogP contribution in [0.2, 0.25) is 0 Å². The molecule has 0 atom stereocenters. The van der Waals surface area contributed by atoms with Crippen molar-refractivity contribution in [3.05, 3.63) is 41.9 Å². The van der Waals surface area contributed by atoms with Gasteiger partial charge in [-0.15, -0.1) is 0 Å². The number of aromatic nitrogens is 4. The van der Waals surface area contributed by atoms with E-state index in [4.69, 9.17) is 19.6 Å². The Bertz CT molecular complexity index is 1040. The van der Waals surface area contributed by atoms with E-state index in [1.165, 1.54) is 0 Å². The van der Waals surface area contributed by atoms with E-state index < -0.39 is 5.79 Å². The van der Waals surface area contributed by atoms with E-state index in [9.17, 15) is 4.79 Å². The maximum absolute atomic E-state index is 13.0. The lowest BCUT2D eigenvalue weighted by atomic mass is 10.0. The van der Waals surface area contributed by atoms with E-state index in [-0.39, 0.29) is 12.5 Å². The zero-order chi connectivity index (χ0) is 20.0. The summed E-state index contributed by atoms with van der Waals surface area (Å²) in [6, 6.07) is 5.97. The van der Waals surface area contributed by atoms with Gasteiger partial charge in [0.15, 0.2) is 17.3 Å². The number of fused-ring (bicyclic) bond motifs is 1. The van der Waals surface area contributed by atoms with Crippen LogP contribution < -0.4 is 0 Å². The second-order valence-electron chi connectivity index (χ2n) is 7.84. The van der Waals surface area contributed by atoms with Gasteiger partial charge < -0.3 is 18.9 Å². The Kier molecular flexibility index (Phi) is 4.40. The molecule has 0 bridgehead atoms. The topological polar surface area (TPSA) is 74.4 Å². The lowest BCUT2D eigenvalue weighted by Crippen LogP contribution is -2.48. The van der Waals surface area contributed by atoms with Crippen LogP contribution in [0.15, 0.2) is 30.6 Å². The van der Waals surface area contributed by atoms with Gasteiger partial charge in [0.25, 0.3) is 0 Å². The van der Waals surface area contributed by atoms with Crippen molar-refractivity contribution in [2.24, 2.45) is 0 Å². The second kappa shape index (κ2) is 6.96. The third kappa shape index (κ3) is 3.22. The first-order valence-corrected chi connectivity index (χ1v) is 10.1. The Labute approximate surface area is 169 Å². The quantitative estimate of drug-likeness (QED) is 0.680. The number of pyridine rings is 1. The number of aryl methyl sites for hydroxylation is 2. The molecule has 0 radical (unpaired) electrons. The fourth-order valence-corrected chi connectivity index (χ4v) is 4.37. The van der Waals surface area contributed by atoms with Crippen molar-refractivity contribution in [1.82, 2.24) is 24.2 Å². The predicted octanol–water partition coefficient (Wildman–Crippen LogP) is 2.20. The van der Waals surface area contributed by atoms with E-state index >= 15 is 0 Å².